The predicted molar refractivity (Wildman–Crippen MR) is 75.4 cm³/mol. The van der Waals surface area contributed by atoms with Crippen LogP contribution in [0.25, 0.3) is 11.0 Å². The fourth-order valence-corrected chi connectivity index (χ4v) is 1.82. The highest BCUT2D eigenvalue weighted by molar-refractivity contribution is 5.86. The highest BCUT2D eigenvalue weighted by Gasteiger charge is 2.18. The molecule has 0 amide bonds. The number of rotatable bonds is 6. The third kappa shape index (κ3) is 3.11. The van der Waals surface area contributed by atoms with E-state index in [0.29, 0.717) is 24.7 Å². The van der Waals surface area contributed by atoms with E-state index in [-0.39, 0.29) is 5.60 Å². The van der Waals surface area contributed by atoms with Crippen LogP contribution >= 0.6 is 0 Å². The summed E-state index contributed by atoms with van der Waals surface area (Å²) in [4.78, 5) is 8.69. The van der Waals surface area contributed by atoms with Gasteiger partial charge < -0.3 is 15.4 Å². The normalized spacial score (nSPS) is 11.8. The molecule has 19 heavy (non-hydrogen) atoms. The first kappa shape index (κ1) is 13.5. The average Bonchev–Trinajstić information content (AvgIpc) is 2.83. The number of fused-ring (bicyclic) bond motifs is 1. The van der Waals surface area contributed by atoms with Gasteiger partial charge in [0.1, 0.15) is 5.82 Å². The molecule has 2 rings (SSSR count). The highest BCUT2D eigenvalue weighted by atomic mass is 16.5. The molecule has 0 spiro atoms. The van der Waals surface area contributed by atoms with E-state index >= 15 is 0 Å². The van der Waals surface area contributed by atoms with Crippen molar-refractivity contribution in [2.75, 3.05) is 30.8 Å². The molecule has 2 heterocycles. The molecule has 0 aliphatic heterocycles. The monoisotopic (exact) mass is 264 g/mol. The molecule has 0 aliphatic rings. The maximum atomic E-state index is 5.66. The largest absolute Gasteiger partial charge is 0.374 e. The van der Waals surface area contributed by atoms with E-state index in [2.05, 4.69) is 30.8 Å². The predicted octanol–water partition coefficient (Wildman–Crippen LogP) is 1.62. The van der Waals surface area contributed by atoms with Gasteiger partial charge in [0.2, 0.25) is 5.95 Å². The van der Waals surface area contributed by atoms with E-state index in [9.17, 15) is 0 Å². The van der Waals surface area contributed by atoms with Crippen molar-refractivity contribution in [3.05, 3.63) is 6.20 Å². The highest BCUT2D eigenvalue weighted by Crippen LogP contribution is 2.21. The summed E-state index contributed by atoms with van der Waals surface area (Å²) in [5, 5.41) is 13.9. The summed E-state index contributed by atoms with van der Waals surface area (Å²) in [6.45, 7) is 7.40. The summed E-state index contributed by atoms with van der Waals surface area (Å²) in [6, 6.07) is 0. The molecule has 2 aromatic heterocycles. The SMILES string of the molecule is CCOC(C)(C)CNc1nc(NC)nc2[nH]ncc12. The maximum absolute atomic E-state index is 5.66. The quantitative estimate of drug-likeness (QED) is 0.735. The lowest BCUT2D eigenvalue weighted by Gasteiger charge is -2.25. The van der Waals surface area contributed by atoms with Crippen LogP contribution in [0, 0.1) is 0 Å². The lowest BCUT2D eigenvalue weighted by atomic mass is 10.1. The number of hydrogen-bond acceptors (Lipinski definition) is 6. The fraction of sp³-hybridized carbons (Fsp3) is 0.583. The third-order valence-electron chi connectivity index (χ3n) is 2.75. The zero-order chi connectivity index (χ0) is 13.9. The first-order valence-corrected chi connectivity index (χ1v) is 6.32. The number of H-pyrrole nitrogens is 1. The van der Waals surface area contributed by atoms with E-state index in [0.717, 1.165) is 11.2 Å². The van der Waals surface area contributed by atoms with Crippen LogP contribution in [0.2, 0.25) is 0 Å². The van der Waals surface area contributed by atoms with E-state index in [1.165, 1.54) is 0 Å². The Morgan fingerprint density at radius 3 is 2.84 bits per heavy atom. The van der Waals surface area contributed by atoms with Gasteiger partial charge in [0, 0.05) is 20.2 Å². The second-order valence-electron chi connectivity index (χ2n) is 4.82. The van der Waals surface area contributed by atoms with Crippen molar-refractivity contribution < 1.29 is 4.74 Å². The Hall–Kier alpha value is -1.89. The first-order chi connectivity index (χ1) is 9.05. The number of ether oxygens (including phenoxy) is 1. The van der Waals surface area contributed by atoms with Gasteiger partial charge in [0.25, 0.3) is 0 Å². The molecule has 0 atom stereocenters. The maximum Gasteiger partial charge on any atom is 0.226 e. The van der Waals surface area contributed by atoms with Crippen molar-refractivity contribution in [3.8, 4) is 0 Å². The third-order valence-corrected chi connectivity index (χ3v) is 2.75. The minimum atomic E-state index is -0.254. The Bertz CT molecular complexity index is 550. The van der Waals surface area contributed by atoms with E-state index in [1.54, 1.807) is 13.2 Å². The molecule has 2 aromatic rings. The molecule has 7 heteroatoms. The average molecular weight is 264 g/mol. The number of aromatic nitrogens is 4. The topological polar surface area (TPSA) is 87.8 Å². The van der Waals surface area contributed by atoms with Crippen LogP contribution in [-0.4, -0.2) is 46.0 Å². The number of nitrogens with one attached hydrogen (secondary N) is 3. The summed E-state index contributed by atoms with van der Waals surface area (Å²) < 4.78 is 5.66. The molecular formula is C12H20N6O. The molecule has 0 saturated heterocycles. The van der Waals surface area contributed by atoms with E-state index in [1.807, 2.05) is 20.8 Å². The van der Waals surface area contributed by atoms with Crippen LogP contribution < -0.4 is 10.6 Å². The van der Waals surface area contributed by atoms with Gasteiger partial charge in [-0.1, -0.05) is 0 Å². The minimum absolute atomic E-state index is 0.254. The zero-order valence-corrected chi connectivity index (χ0v) is 11.7. The minimum Gasteiger partial charge on any atom is -0.374 e. The van der Waals surface area contributed by atoms with Crippen molar-refractivity contribution in [1.82, 2.24) is 20.2 Å². The van der Waals surface area contributed by atoms with Crippen molar-refractivity contribution in [1.29, 1.82) is 0 Å². The zero-order valence-electron chi connectivity index (χ0n) is 11.7. The summed E-state index contributed by atoms with van der Waals surface area (Å²) in [6.07, 6.45) is 1.71. The van der Waals surface area contributed by atoms with Crippen LogP contribution in [0.3, 0.4) is 0 Å². The second-order valence-corrected chi connectivity index (χ2v) is 4.82. The number of nitrogens with zero attached hydrogens (tertiary/aromatic N) is 3. The van der Waals surface area contributed by atoms with Crippen LogP contribution in [0.1, 0.15) is 20.8 Å². The number of hydrogen-bond donors (Lipinski definition) is 3. The van der Waals surface area contributed by atoms with Gasteiger partial charge in [-0.05, 0) is 20.8 Å². The summed E-state index contributed by atoms with van der Waals surface area (Å²) in [5.74, 6) is 1.30. The summed E-state index contributed by atoms with van der Waals surface area (Å²) in [5.41, 5.74) is 0.450. The van der Waals surface area contributed by atoms with Gasteiger partial charge in [-0.3, -0.25) is 5.10 Å². The van der Waals surface area contributed by atoms with Gasteiger partial charge in [-0.25, -0.2) is 0 Å². The van der Waals surface area contributed by atoms with Crippen LogP contribution in [0.5, 0.6) is 0 Å². The van der Waals surface area contributed by atoms with Crippen LogP contribution in [0.15, 0.2) is 6.20 Å². The van der Waals surface area contributed by atoms with E-state index in [4.69, 9.17) is 4.74 Å². The summed E-state index contributed by atoms with van der Waals surface area (Å²) >= 11 is 0. The van der Waals surface area contributed by atoms with Gasteiger partial charge in [0.05, 0.1) is 17.2 Å². The van der Waals surface area contributed by atoms with Gasteiger partial charge in [0.15, 0.2) is 5.65 Å². The van der Waals surface area contributed by atoms with Crippen molar-refractivity contribution in [2.24, 2.45) is 0 Å². The second kappa shape index (κ2) is 5.40. The molecule has 0 saturated carbocycles. The number of anilines is 2. The Kier molecular flexibility index (Phi) is 3.84. The molecule has 104 valence electrons. The molecule has 0 unspecified atom stereocenters. The molecule has 0 fully saturated rings. The Morgan fingerprint density at radius 2 is 2.16 bits per heavy atom. The Labute approximate surface area is 112 Å². The molecule has 0 radical (unpaired) electrons. The fourth-order valence-electron chi connectivity index (χ4n) is 1.82. The van der Waals surface area contributed by atoms with Crippen molar-refractivity contribution in [3.63, 3.8) is 0 Å². The molecule has 7 nitrogen and oxygen atoms in total. The molecule has 0 bridgehead atoms. The Morgan fingerprint density at radius 1 is 1.37 bits per heavy atom. The molecular weight excluding hydrogens is 244 g/mol. The van der Waals surface area contributed by atoms with Crippen LogP contribution in [0.4, 0.5) is 11.8 Å². The van der Waals surface area contributed by atoms with Gasteiger partial charge in [-0.2, -0.15) is 15.1 Å². The Balaban J connectivity index is 2.22. The lowest BCUT2D eigenvalue weighted by Crippen LogP contribution is -2.33. The first-order valence-electron chi connectivity index (χ1n) is 6.32. The molecule has 3 N–H and O–H groups in total. The van der Waals surface area contributed by atoms with Crippen LogP contribution in [-0.2, 0) is 4.74 Å². The van der Waals surface area contributed by atoms with Gasteiger partial charge >= 0.3 is 0 Å². The number of aromatic amines is 1. The van der Waals surface area contributed by atoms with E-state index < -0.39 is 0 Å². The van der Waals surface area contributed by atoms with Crippen molar-refractivity contribution >= 4 is 22.8 Å². The molecule has 0 aliphatic carbocycles. The molecule has 0 aromatic carbocycles. The smallest absolute Gasteiger partial charge is 0.226 e. The summed E-state index contributed by atoms with van der Waals surface area (Å²) in [7, 11) is 1.78. The lowest BCUT2D eigenvalue weighted by molar-refractivity contribution is 0.000664. The van der Waals surface area contributed by atoms with Crippen molar-refractivity contribution in [2.45, 2.75) is 26.4 Å². The standard InChI is InChI=1S/C12H20N6O/c1-5-19-12(2,3)7-14-9-8-6-15-18-10(8)17-11(13-4)16-9/h6H,5,7H2,1-4H3,(H3,13,14,15,16,17,18). The van der Waals surface area contributed by atoms with Gasteiger partial charge in [-0.15, -0.1) is 0 Å².